The van der Waals surface area contributed by atoms with E-state index in [1.165, 1.54) is 27.9 Å². The molecule has 1 aliphatic rings. The van der Waals surface area contributed by atoms with Crippen molar-refractivity contribution in [3.05, 3.63) is 130 Å². The lowest BCUT2D eigenvalue weighted by molar-refractivity contribution is 0.824. The maximum Gasteiger partial charge on any atom is 0.0802 e. The standard InChI is InChI=1S/C29H26N2/c1-20-11-9-12-21(2)27(20)31-28(23-15-7-4-8-16-23)25-18-10-17-24-19-26(30-29(24)25)22-13-5-3-6-14-22/h3-18,26,30H,19H2,1-2H3. The largest absolute Gasteiger partial charge is 0.377 e. The maximum atomic E-state index is 5.25. The highest BCUT2D eigenvalue weighted by molar-refractivity contribution is 6.17. The molecule has 0 saturated heterocycles. The zero-order chi connectivity index (χ0) is 21.2. The van der Waals surface area contributed by atoms with E-state index in [0.717, 1.165) is 28.9 Å². The Labute approximate surface area is 184 Å². The Balaban J connectivity index is 1.65. The van der Waals surface area contributed by atoms with E-state index in [-0.39, 0.29) is 6.04 Å². The van der Waals surface area contributed by atoms with Gasteiger partial charge < -0.3 is 5.32 Å². The molecule has 0 saturated carbocycles. The normalized spacial score (nSPS) is 15.4. The first-order valence-electron chi connectivity index (χ1n) is 10.8. The fourth-order valence-corrected chi connectivity index (χ4v) is 4.44. The van der Waals surface area contributed by atoms with Crippen molar-refractivity contribution < 1.29 is 0 Å². The summed E-state index contributed by atoms with van der Waals surface area (Å²) >= 11 is 0. The molecule has 1 heterocycles. The molecule has 0 bridgehead atoms. The van der Waals surface area contributed by atoms with Crippen LogP contribution in [-0.4, -0.2) is 5.71 Å². The minimum Gasteiger partial charge on any atom is -0.377 e. The molecular weight excluding hydrogens is 376 g/mol. The van der Waals surface area contributed by atoms with Gasteiger partial charge in [-0.3, -0.25) is 0 Å². The molecule has 1 N–H and O–H groups in total. The average Bonchev–Trinajstić information content (AvgIpc) is 3.25. The number of fused-ring (bicyclic) bond motifs is 1. The quantitative estimate of drug-likeness (QED) is 0.359. The molecule has 1 unspecified atom stereocenters. The lowest BCUT2D eigenvalue weighted by Crippen LogP contribution is -2.09. The molecule has 4 aromatic rings. The van der Waals surface area contributed by atoms with E-state index < -0.39 is 0 Å². The van der Waals surface area contributed by atoms with Crippen LogP contribution in [-0.2, 0) is 6.42 Å². The minimum atomic E-state index is 0.287. The molecule has 0 radical (unpaired) electrons. The predicted molar refractivity (Wildman–Crippen MR) is 131 cm³/mol. The second-order valence-electron chi connectivity index (χ2n) is 8.22. The Morgan fingerprint density at radius 2 is 1.39 bits per heavy atom. The van der Waals surface area contributed by atoms with Crippen molar-refractivity contribution in [2.75, 3.05) is 5.32 Å². The third-order valence-corrected chi connectivity index (χ3v) is 6.06. The van der Waals surface area contributed by atoms with Crippen LogP contribution in [0.2, 0.25) is 0 Å². The average molecular weight is 403 g/mol. The predicted octanol–water partition coefficient (Wildman–Crippen LogP) is 7.18. The van der Waals surface area contributed by atoms with E-state index in [0.29, 0.717) is 0 Å². The zero-order valence-corrected chi connectivity index (χ0v) is 18.0. The molecule has 31 heavy (non-hydrogen) atoms. The van der Waals surface area contributed by atoms with Gasteiger partial charge in [0.2, 0.25) is 0 Å². The first kappa shape index (κ1) is 19.3. The summed E-state index contributed by atoms with van der Waals surface area (Å²) in [5.74, 6) is 0. The number of hydrogen-bond donors (Lipinski definition) is 1. The Bertz CT molecular complexity index is 1220. The van der Waals surface area contributed by atoms with Crippen LogP contribution in [0, 0.1) is 13.8 Å². The number of para-hydroxylation sites is 2. The maximum absolute atomic E-state index is 5.25. The molecule has 1 atom stereocenters. The smallest absolute Gasteiger partial charge is 0.0802 e. The number of benzene rings is 4. The van der Waals surface area contributed by atoms with E-state index in [1.807, 2.05) is 0 Å². The Hall–Kier alpha value is -3.65. The number of nitrogens with zero attached hydrogens (tertiary/aromatic N) is 1. The zero-order valence-electron chi connectivity index (χ0n) is 18.0. The van der Waals surface area contributed by atoms with Gasteiger partial charge in [-0.2, -0.15) is 0 Å². The summed E-state index contributed by atoms with van der Waals surface area (Å²) in [6, 6.07) is 34.4. The molecule has 0 aromatic heterocycles. The van der Waals surface area contributed by atoms with Gasteiger partial charge in [0.1, 0.15) is 0 Å². The van der Waals surface area contributed by atoms with Gasteiger partial charge in [-0.05, 0) is 42.5 Å². The van der Waals surface area contributed by atoms with Crippen molar-refractivity contribution in [2.24, 2.45) is 4.99 Å². The van der Waals surface area contributed by atoms with Crippen molar-refractivity contribution in [3.63, 3.8) is 0 Å². The number of rotatable bonds is 4. The van der Waals surface area contributed by atoms with Crippen LogP contribution < -0.4 is 5.32 Å². The van der Waals surface area contributed by atoms with Crippen LogP contribution in [0.15, 0.2) is 102 Å². The highest BCUT2D eigenvalue weighted by atomic mass is 15.0. The summed E-state index contributed by atoms with van der Waals surface area (Å²) in [7, 11) is 0. The monoisotopic (exact) mass is 402 g/mol. The Morgan fingerprint density at radius 1 is 0.742 bits per heavy atom. The first-order chi connectivity index (χ1) is 15.2. The third-order valence-electron chi connectivity index (χ3n) is 6.06. The van der Waals surface area contributed by atoms with Crippen LogP contribution in [0.1, 0.15) is 39.4 Å². The molecular formula is C29H26N2. The fourth-order valence-electron chi connectivity index (χ4n) is 4.44. The van der Waals surface area contributed by atoms with Gasteiger partial charge in [0.15, 0.2) is 0 Å². The molecule has 5 rings (SSSR count). The number of aliphatic imine (C=N–C) groups is 1. The topological polar surface area (TPSA) is 24.4 Å². The lowest BCUT2D eigenvalue weighted by atomic mass is 9.97. The Morgan fingerprint density at radius 3 is 2.10 bits per heavy atom. The molecule has 0 amide bonds. The number of hydrogen-bond acceptors (Lipinski definition) is 2. The van der Waals surface area contributed by atoms with Crippen molar-refractivity contribution in [2.45, 2.75) is 26.3 Å². The van der Waals surface area contributed by atoms with Crippen LogP contribution in [0.25, 0.3) is 0 Å². The highest BCUT2D eigenvalue weighted by Gasteiger charge is 2.26. The number of aryl methyl sites for hydroxylation is 2. The van der Waals surface area contributed by atoms with Crippen LogP contribution in [0.3, 0.4) is 0 Å². The van der Waals surface area contributed by atoms with Gasteiger partial charge in [0.25, 0.3) is 0 Å². The van der Waals surface area contributed by atoms with Crippen molar-refractivity contribution in [3.8, 4) is 0 Å². The summed E-state index contributed by atoms with van der Waals surface area (Å²) in [4.78, 5) is 5.25. The van der Waals surface area contributed by atoms with Crippen LogP contribution in [0.4, 0.5) is 11.4 Å². The van der Waals surface area contributed by atoms with Crippen molar-refractivity contribution in [1.29, 1.82) is 0 Å². The molecule has 4 aromatic carbocycles. The molecule has 2 nitrogen and oxygen atoms in total. The second-order valence-corrected chi connectivity index (χ2v) is 8.22. The van der Waals surface area contributed by atoms with Crippen molar-refractivity contribution >= 4 is 17.1 Å². The third kappa shape index (κ3) is 3.77. The second kappa shape index (κ2) is 8.23. The Kier molecular flexibility index (Phi) is 5.13. The molecule has 1 aliphatic heterocycles. The summed E-state index contributed by atoms with van der Waals surface area (Å²) in [5.41, 5.74) is 10.6. The first-order valence-corrected chi connectivity index (χ1v) is 10.8. The number of anilines is 1. The lowest BCUT2D eigenvalue weighted by Gasteiger charge is -2.16. The minimum absolute atomic E-state index is 0.287. The van der Waals surface area contributed by atoms with E-state index in [9.17, 15) is 0 Å². The van der Waals surface area contributed by atoms with Crippen LogP contribution in [0.5, 0.6) is 0 Å². The molecule has 0 aliphatic carbocycles. The van der Waals surface area contributed by atoms with Gasteiger partial charge in [-0.25, -0.2) is 4.99 Å². The summed E-state index contributed by atoms with van der Waals surface area (Å²) < 4.78 is 0. The SMILES string of the molecule is Cc1cccc(C)c1N=C(c1ccccc1)c1cccc2c1NC(c1ccccc1)C2. The van der Waals surface area contributed by atoms with Gasteiger partial charge in [0, 0.05) is 16.8 Å². The van der Waals surface area contributed by atoms with Crippen molar-refractivity contribution in [1.82, 2.24) is 0 Å². The highest BCUT2D eigenvalue weighted by Crippen LogP contribution is 2.38. The van der Waals surface area contributed by atoms with E-state index in [1.54, 1.807) is 0 Å². The molecule has 0 spiro atoms. The summed E-state index contributed by atoms with van der Waals surface area (Å²) in [6.45, 7) is 4.26. The number of nitrogens with one attached hydrogen (secondary N) is 1. The molecule has 2 heteroatoms. The molecule has 0 fully saturated rings. The fraction of sp³-hybridized carbons (Fsp3) is 0.138. The van der Waals surface area contributed by atoms with Crippen LogP contribution >= 0.6 is 0 Å². The van der Waals surface area contributed by atoms with E-state index >= 15 is 0 Å². The van der Waals surface area contributed by atoms with E-state index in [4.69, 9.17) is 4.99 Å². The van der Waals surface area contributed by atoms with Gasteiger partial charge >= 0.3 is 0 Å². The van der Waals surface area contributed by atoms with E-state index in [2.05, 4.69) is 116 Å². The van der Waals surface area contributed by atoms with Gasteiger partial charge in [-0.15, -0.1) is 0 Å². The summed E-state index contributed by atoms with van der Waals surface area (Å²) in [6.07, 6.45) is 0.985. The molecule has 152 valence electrons. The summed E-state index contributed by atoms with van der Waals surface area (Å²) in [5, 5.41) is 3.80. The van der Waals surface area contributed by atoms with Gasteiger partial charge in [0.05, 0.1) is 17.4 Å². The van der Waals surface area contributed by atoms with Gasteiger partial charge in [-0.1, -0.05) is 97.1 Å².